The average molecular weight is 208 g/mol. The Morgan fingerprint density at radius 1 is 1.20 bits per heavy atom. The van der Waals surface area contributed by atoms with Crippen molar-refractivity contribution in [3.63, 3.8) is 0 Å². The third-order valence-electron chi connectivity index (χ3n) is 1.80. The molecule has 0 aliphatic heterocycles. The molecule has 5 heteroatoms. The molecule has 0 aromatic heterocycles. The van der Waals surface area contributed by atoms with Crippen molar-refractivity contribution in [3.05, 3.63) is 35.9 Å². The van der Waals surface area contributed by atoms with Crippen LogP contribution in [0.25, 0.3) is 0 Å². The first kappa shape index (κ1) is 11.2. The van der Waals surface area contributed by atoms with Crippen molar-refractivity contribution in [3.8, 4) is 0 Å². The van der Waals surface area contributed by atoms with Crippen LogP contribution in [-0.2, 0) is 4.79 Å². The lowest BCUT2D eigenvalue weighted by molar-refractivity contribution is -0.129. The van der Waals surface area contributed by atoms with Crippen LogP contribution >= 0.6 is 0 Å². The van der Waals surface area contributed by atoms with Gasteiger partial charge in [0.25, 0.3) is 5.91 Å². The van der Waals surface area contributed by atoms with Crippen molar-refractivity contribution in [1.29, 1.82) is 0 Å². The number of benzene rings is 1. The number of carbonyl (C=O) groups is 2. The molecule has 15 heavy (non-hydrogen) atoms. The fourth-order valence-electron chi connectivity index (χ4n) is 1.04. The second-order valence-corrected chi connectivity index (χ2v) is 2.91. The van der Waals surface area contributed by atoms with Crippen LogP contribution in [0.4, 0.5) is 0 Å². The summed E-state index contributed by atoms with van der Waals surface area (Å²) in [5.74, 6) is -0.760. The molecular weight excluding hydrogens is 196 g/mol. The van der Waals surface area contributed by atoms with Gasteiger partial charge in [0.2, 0.25) is 5.91 Å². The third kappa shape index (κ3) is 3.78. The van der Waals surface area contributed by atoms with Crippen molar-refractivity contribution >= 4 is 11.8 Å². The van der Waals surface area contributed by atoms with Crippen LogP contribution in [-0.4, -0.2) is 23.6 Å². The molecule has 0 fully saturated rings. The van der Waals surface area contributed by atoms with Crippen molar-refractivity contribution in [2.45, 2.75) is 6.42 Å². The topological polar surface area (TPSA) is 78.4 Å². The van der Waals surface area contributed by atoms with Crippen molar-refractivity contribution in [2.75, 3.05) is 6.54 Å². The molecule has 1 rings (SSSR count). The highest BCUT2D eigenvalue weighted by Crippen LogP contribution is 1.97. The van der Waals surface area contributed by atoms with E-state index in [1.54, 1.807) is 24.3 Å². The monoisotopic (exact) mass is 208 g/mol. The predicted molar refractivity (Wildman–Crippen MR) is 53.3 cm³/mol. The number of hydrogen-bond donors (Lipinski definition) is 3. The molecule has 80 valence electrons. The van der Waals surface area contributed by atoms with Crippen LogP contribution in [0.2, 0.25) is 0 Å². The molecule has 2 amide bonds. The molecule has 0 heterocycles. The lowest BCUT2D eigenvalue weighted by Gasteiger charge is -2.03. The van der Waals surface area contributed by atoms with Crippen LogP contribution < -0.4 is 10.8 Å². The van der Waals surface area contributed by atoms with Gasteiger partial charge in [-0.05, 0) is 12.1 Å². The van der Waals surface area contributed by atoms with Gasteiger partial charge in [0, 0.05) is 18.5 Å². The summed E-state index contributed by atoms with van der Waals surface area (Å²) in [5, 5.41) is 10.8. The van der Waals surface area contributed by atoms with E-state index in [0.29, 0.717) is 5.56 Å². The van der Waals surface area contributed by atoms with Crippen LogP contribution in [0.1, 0.15) is 16.8 Å². The summed E-state index contributed by atoms with van der Waals surface area (Å²) in [6.07, 6.45) is 0.0507. The molecule has 0 spiro atoms. The maximum Gasteiger partial charge on any atom is 0.251 e. The molecule has 0 radical (unpaired) electrons. The molecule has 0 aliphatic rings. The van der Waals surface area contributed by atoms with Gasteiger partial charge < -0.3 is 5.32 Å². The van der Waals surface area contributed by atoms with Crippen LogP contribution in [0.15, 0.2) is 30.3 Å². The molecular formula is C10H12N2O3. The summed E-state index contributed by atoms with van der Waals surface area (Å²) in [6, 6.07) is 8.70. The fourth-order valence-corrected chi connectivity index (χ4v) is 1.04. The zero-order valence-electron chi connectivity index (χ0n) is 8.06. The average Bonchev–Trinajstić information content (AvgIpc) is 2.29. The summed E-state index contributed by atoms with van der Waals surface area (Å²) in [5.41, 5.74) is 2.03. The molecule has 0 saturated carbocycles. The first-order valence-electron chi connectivity index (χ1n) is 4.50. The number of nitrogens with one attached hydrogen (secondary N) is 2. The maximum atomic E-state index is 11.4. The van der Waals surface area contributed by atoms with E-state index in [0.717, 1.165) is 0 Å². The normalized spacial score (nSPS) is 9.40. The second kappa shape index (κ2) is 5.77. The molecule has 0 unspecified atom stereocenters. The van der Waals surface area contributed by atoms with E-state index < -0.39 is 5.91 Å². The molecule has 0 saturated heterocycles. The Balaban J connectivity index is 2.34. The van der Waals surface area contributed by atoms with Crippen LogP contribution in [0.3, 0.4) is 0 Å². The SMILES string of the molecule is O=C(CCNC(=O)c1ccccc1)NO. The maximum absolute atomic E-state index is 11.4. The van der Waals surface area contributed by atoms with Gasteiger partial charge in [-0.1, -0.05) is 18.2 Å². The van der Waals surface area contributed by atoms with E-state index in [-0.39, 0.29) is 18.9 Å². The largest absolute Gasteiger partial charge is 0.352 e. The van der Waals surface area contributed by atoms with Gasteiger partial charge in [-0.2, -0.15) is 0 Å². The standard InChI is InChI=1S/C10H12N2O3/c13-9(12-15)6-7-11-10(14)8-4-2-1-3-5-8/h1-5,15H,6-7H2,(H,11,14)(H,12,13). The summed E-state index contributed by atoms with van der Waals surface area (Å²) in [7, 11) is 0. The van der Waals surface area contributed by atoms with Crippen molar-refractivity contribution in [1.82, 2.24) is 10.8 Å². The summed E-state index contributed by atoms with van der Waals surface area (Å²) in [4.78, 5) is 22.0. The van der Waals surface area contributed by atoms with E-state index in [2.05, 4.69) is 5.32 Å². The number of amides is 2. The highest BCUT2D eigenvalue weighted by atomic mass is 16.5. The van der Waals surface area contributed by atoms with Gasteiger partial charge in [-0.3, -0.25) is 14.8 Å². The zero-order chi connectivity index (χ0) is 11.1. The van der Waals surface area contributed by atoms with E-state index in [4.69, 9.17) is 5.21 Å². The first-order chi connectivity index (χ1) is 7.24. The minimum atomic E-state index is -0.525. The van der Waals surface area contributed by atoms with E-state index in [1.807, 2.05) is 6.07 Å². The number of hydroxylamine groups is 1. The zero-order valence-corrected chi connectivity index (χ0v) is 8.06. The second-order valence-electron chi connectivity index (χ2n) is 2.91. The van der Waals surface area contributed by atoms with Gasteiger partial charge >= 0.3 is 0 Å². The Morgan fingerprint density at radius 2 is 1.87 bits per heavy atom. The molecule has 5 nitrogen and oxygen atoms in total. The van der Waals surface area contributed by atoms with Gasteiger partial charge in [0.15, 0.2) is 0 Å². The Hall–Kier alpha value is -1.88. The highest BCUT2D eigenvalue weighted by Gasteiger charge is 2.04. The smallest absolute Gasteiger partial charge is 0.251 e. The van der Waals surface area contributed by atoms with Gasteiger partial charge in [0.05, 0.1) is 0 Å². The summed E-state index contributed by atoms with van der Waals surface area (Å²) < 4.78 is 0. The minimum absolute atomic E-state index is 0.0507. The van der Waals surface area contributed by atoms with Crippen molar-refractivity contribution in [2.24, 2.45) is 0 Å². The quantitative estimate of drug-likeness (QED) is 0.492. The summed E-state index contributed by atoms with van der Waals surface area (Å²) >= 11 is 0. The number of carbonyl (C=O) groups excluding carboxylic acids is 2. The molecule has 0 aliphatic carbocycles. The fraction of sp³-hybridized carbons (Fsp3) is 0.200. The number of hydrogen-bond acceptors (Lipinski definition) is 3. The van der Waals surface area contributed by atoms with E-state index >= 15 is 0 Å². The Kier molecular flexibility index (Phi) is 4.30. The van der Waals surface area contributed by atoms with Gasteiger partial charge in [-0.25, -0.2) is 5.48 Å². The molecule has 1 aromatic rings. The predicted octanol–water partition coefficient (Wildman–Crippen LogP) is 0.312. The van der Waals surface area contributed by atoms with E-state index in [1.165, 1.54) is 5.48 Å². The molecule has 3 N–H and O–H groups in total. The van der Waals surface area contributed by atoms with Gasteiger partial charge in [-0.15, -0.1) is 0 Å². The lowest BCUT2D eigenvalue weighted by atomic mass is 10.2. The molecule has 0 atom stereocenters. The Labute approximate surface area is 87.1 Å². The third-order valence-corrected chi connectivity index (χ3v) is 1.80. The molecule has 0 bridgehead atoms. The van der Waals surface area contributed by atoms with Gasteiger partial charge in [0.1, 0.15) is 0 Å². The highest BCUT2D eigenvalue weighted by molar-refractivity contribution is 5.94. The molecule has 1 aromatic carbocycles. The Morgan fingerprint density at radius 3 is 2.47 bits per heavy atom. The summed E-state index contributed by atoms with van der Waals surface area (Å²) in [6.45, 7) is 0.195. The first-order valence-corrected chi connectivity index (χ1v) is 4.50. The Bertz CT molecular complexity index is 338. The van der Waals surface area contributed by atoms with E-state index in [9.17, 15) is 9.59 Å². The minimum Gasteiger partial charge on any atom is -0.352 e. The van der Waals surface area contributed by atoms with Crippen LogP contribution in [0, 0.1) is 0 Å². The number of rotatable bonds is 4. The van der Waals surface area contributed by atoms with Crippen molar-refractivity contribution < 1.29 is 14.8 Å². The lowest BCUT2D eigenvalue weighted by Crippen LogP contribution is -2.29. The van der Waals surface area contributed by atoms with Crippen LogP contribution in [0.5, 0.6) is 0 Å².